The molecule has 0 unspecified atom stereocenters. The lowest BCUT2D eigenvalue weighted by Gasteiger charge is -2.37. The van der Waals surface area contributed by atoms with Crippen LogP contribution >= 0.6 is 0 Å². The van der Waals surface area contributed by atoms with E-state index in [0.717, 1.165) is 24.2 Å². The summed E-state index contributed by atoms with van der Waals surface area (Å²) in [6.45, 7) is 3.93. The first kappa shape index (κ1) is 19.8. The van der Waals surface area contributed by atoms with E-state index in [1.54, 1.807) is 19.1 Å². The molecule has 146 valence electrons. The minimum Gasteiger partial charge on any atom is -0.206 e. The summed E-state index contributed by atoms with van der Waals surface area (Å²) in [5.41, 5.74) is 0.413. The molecule has 0 heterocycles. The number of hydrogen-bond donors (Lipinski definition) is 0. The zero-order chi connectivity index (χ0) is 18.7. The third-order valence-corrected chi connectivity index (χ3v) is 7.14. The van der Waals surface area contributed by atoms with Gasteiger partial charge in [-0.25, -0.2) is 13.2 Å². The van der Waals surface area contributed by atoms with Crippen LogP contribution in [0.4, 0.5) is 13.2 Å². The first-order valence-electron chi connectivity index (χ1n) is 10.5. The van der Waals surface area contributed by atoms with Gasteiger partial charge in [0.25, 0.3) is 6.43 Å². The molecule has 0 spiro atoms. The fourth-order valence-electron chi connectivity index (χ4n) is 5.26. The van der Waals surface area contributed by atoms with Crippen LogP contribution in [0.5, 0.6) is 0 Å². The first-order chi connectivity index (χ1) is 12.5. The Morgan fingerprint density at radius 1 is 0.923 bits per heavy atom. The Bertz CT molecular complexity index is 579. The van der Waals surface area contributed by atoms with Crippen LogP contribution in [0.3, 0.4) is 0 Å². The maximum Gasteiger partial charge on any atom is 0.266 e. The normalized spacial score (nSPS) is 29.9. The van der Waals surface area contributed by atoms with Crippen molar-refractivity contribution < 1.29 is 13.2 Å². The van der Waals surface area contributed by atoms with E-state index < -0.39 is 17.8 Å². The molecule has 26 heavy (non-hydrogen) atoms. The average Bonchev–Trinajstić information content (AvgIpc) is 2.62. The van der Waals surface area contributed by atoms with Crippen LogP contribution < -0.4 is 0 Å². The van der Waals surface area contributed by atoms with Crippen molar-refractivity contribution in [2.24, 2.45) is 23.7 Å². The van der Waals surface area contributed by atoms with Gasteiger partial charge in [-0.3, -0.25) is 0 Å². The molecule has 2 saturated carbocycles. The summed E-state index contributed by atoms with van der Waals surface area (Å²) in [5.74, 6) is 2.68. The van der Waals surface area contributed by atoms with Crippen molar-refractivity contribution in [3.63, 3.8) is 0 Å². The van der Waals surface area contributed by atoms with Crippen molar-refractivity contribution in [1.82, 2.24) is 0 Å². The van der Waals surface area contributed by atoms with Crippen molar-refractivity contribution in [2.75, 3.05) is 0 Å². The number of rotatable bonds is 5. The van der Waals surface area contributed by atoms with Gasteiger partial charge in [-0.2, -0.15) is 0 Å². The van der Waals surface area contributed by atoms with E-state index in [-0.39, 0.29) is 0 Å². The largest absolute Gasteiger partial charge is 0.266 e. The van der Waals surface area contributed by atoms with Crippen LogP contribution in [-0.2, 0) is 6.42 Å². The van der Waals surface area contributed by atoms with Crippen molar-refractivity contribution in [2.45, 2.75) is 84.5 Å². The Morgan fingerprint density at radius 2 is 1.50 bits per heavy atom. The van der Waals surface area contributed by atoms with E-state index >= 15 is 0 Å². The summed E-state index contributed by atoms with van der Waals surface area (Å²) in [6.07, 6.45) is 9.45. The quantitative estimate of drug-likeness (QED) is 0.502. The minimum absolute atomic E-state index is 0.351. The monoisotopic (exact) mass is 366 g/mol. The number of hydrogen-bond acceptors (Lipinski definition) is 0. The summed E-state index contributed by atoms with van der Waals surface area (Å²) >= 11 is 0. The molecule has 0 saturated heterocycles. The van der Waals surface area contributed by atoms with Crippen LogP contribution in [0.1, 0.15) is 87.8 Å². The molecule has 0 radical (unpaired) electrons. The van der Waals surface area contributed by atoms with Crippen LogP contribution in [0.2, 0.25) is 0 Å². The molecule has 0 aromatic heterocycles. The topological polar surface area (TPSA) is 0 Å². The van der Waals surface area contributed by atoms with Gasteiger partial charge in [-0.1, -0.05) is 44.7 Å². The van der Waals surface area contributed by atoms with E-state index in [2.05, 4.69) is 6.92 Å². The van der Waals surface area contributed by atoms with Crippen LogP contribution in [0.15, 0.2) is 12.1 Å². The highest BCUT2D eigenvalue weighted by molar-refractivity contribution is 5.34. The second-order valence-corrected chi connectivity index (χ2v) is 8.91. The number of aryl methyl sites for hydroxylation is 2. The molecule has 3 rings (SSSR count). The van der Waals surface area contributed by atoms with E-state index in [9.17, 15) is 13.2 Å². The average molecular weight is 367 g/mol. The van der Waals surface area contributed by atoms with E-state index in [1.807, 2.05) is 0 Å². The van der Waals surface area contributed by atoms with Gasteiger partial charge in [0, 0.05) is 0 Å². The molecular weight excluding hydrogens is 333 g/mol. The van der Waals surface area contributed by atoms with Crippen molar-refractivity contribution in [3.05, 3.63) is 34.6 Å². The molecule has 1 aromatic carbocycles. The zero-order valence-corrected chi connectivity index (χ0v) is 16.2. The number of halogens is 3. The maximum atomic E-state index is 14.4. The smallest absolute Gasteiger partial charge is 0.206 e. The first-order valence-corrected chi connectivity index (χ1v) is 10.5. The molecule has 3 heteroatoms. The molecule has 0 nitrogen and oxygen atoms in total. The Kier molecular flexibility index (Phi) is 6.69. The minimum atomic E-state index is -2.73. The van der Waals surface area contributed by atoms with Gasteiger partial charge in [-0.05, 0) is 80.2 Å². The second-order valence-electron chi connectivity index (χ2n) is 8.91. The van der Waals surface area contributed by atoms with Gasteiger partial charge in [0.2, 0.25) is 0 Å². The zero-order valence-electron chi connectivity index (χ0n) is 16.2. The number of alkyl halides is 2. The lowest BCUT2D eigenvalue weighted by molar-refractivity contribution is 0.144. The van der Waals surface area contributed by atoms with E-state index in [1.165, 1.54) is 51.4 Å². The van der Waals surface area contributed by atoms with Crippen molar-refractivity contribution in [3.8, 4) is 0 Å². The molecule has 0 aliphatic heterocycles. The van der Waals surface area contributed by atoms with Crippen molar-refractivity contribution >= 4 is 0 Å². The highest BCUT2D eigenvalue weighted by atomic mass is 19.3. The van der Waals surface area contributed by atoms with E-state index in [0.29, 0.717) is 23.5 Å². The SMILES string of the molecule is Cc1ccc(CCC2CCC(C3CCC(C)CC3)CC2)c(F)c1C(F)F. The second kappa shape index (κ2) is 8.80. The summed E-state index contributed by atoms with van der Waals surface area (Å²) in [7, 11) is 0. The van der Waals surface area contributed by atoms with Crippen LogP contribution in [0.25, 0.3) is 0 Å². The Labute approximate surface area is 156 Å². The standard InChI is InChI=1S/C23H33F3/c1-15-3-9-18(10-4-15)19-12-6-17(7-13-19)8-14-20-11-5-16(2)21(22(20)24)23(25)26/h5,11,15,17-19,23H,3-4,6-10,12-14H2,1-2H3. The lowest BCUT2D eigenvalue weighted by atomic mass is 9.69. The fourth-order valence-corrected chi connectivity index (χ4v) is 5.26. The third kappa shape index (κ3) is 4.64. The molecule has 1 aromatic rings. The Hall–Kier alpha value is -0.990. The molecule has 0 atom stereocenters. The summed E-state index contributed by atoms with van der Waals surface area (Å²) in [4.78, 5) is 0. The predicted molar refractivity (Wildman–Crippen MR) is 101 cm³/mol. The van der Waals surface area contributed by atoms with Gasteiger partial charge in [-0.15, -0.1) is 0 Å². The highest BCUT2D eigenvalue weighted by Gasteiger charge is 2.30. The van der Waals surface area contributed by atoms with Crippen LogP contribution in [-0.4, -0.2) is 0 Å². The molecular formula is C23H33F3. The Morgan fingerprint density at radius 3 is 2.08 bits per heavy atom. The summed E-state index contributed by atoms with van der Waals surface area (Å²) in [6, 6.07) is 3.34. The fraction of sp³-hybridized carbons (Fsp3) is 0.739. The van der Waals surface area contributed by atoms with Crippen molar-refractivity contribution in [1.29, 1.82) is 0 Å². The van der Waals surface area contributed by atoms with Gasteiger partial charge in [0.05, 0.1) is 5.56 Å². The summed E-state index contributed by atoms with van der Waals surface area (Å²) in [5, 5.41) is 0. The Balaban J connectivity index is 1.49. The molecule has 2 aliphatic carbocycles. The molecule has 2 aliphatic rings. The van der Waals surface area contributed by atoms with Gasteiger partial charge in [0.15, 0.2) is 0 Å². The molecule has 2 fully saturated rings. The summed E-state index contributed by atoms with van der Waals surface area (Å²) < 4.78 is 40.5. The third-order valence-electron chi connectivity index (χ3n) is 7.14. The van der Waals surface area contributed by atoms with Gasteiger partial charge in [0.1, 0.15) is 5.82 Å². The van der Waals surface area contributed by atoms with Crippen LogP contribution in [0, 0.1) is 36.4 Å². The van der Waals surface area contributed by atoms with Gasteiger partial charge < -0.3 is 0 Å². The number of benzene rings is 1. The van der Waals surface area contributed by atoms with E-state index in [4.69, 9.17) is 0 Å². The predicted octanol–water partition coefficient (Wildman–Crippen LogP) is 7.64. The molecule has 0 N–H and O–H groups in total. The molecule has 0 bridgehead atoms. The lowest BCUT2D eigenvalue weighted by Crippen LogP contribution is -2.25. The maximum absolute atomic E-state index is 14.4. The van der Waals surface area contributed by atoms with Gasteiger partial charge >= 0.3 is 0 Å². The molecule has 0 amide bonds. The highest BCUT2D eigenvalue weighted by Crippen LogP contribution is 2.42.